The second-order valence-electron chi connectivity index (χ2n) is 5.18. The monoisotopic (exact) mass is 201 g/mol. The van der Waals surface area contributed by atoms with Crippen molar-refractivity contribution in [1.29, 1.82) is 0 Å². The van der Waals surface area contributed by atoms with Gasteiger partial charge in [-0.05, 0) is 34.1 Å². The predicted octanol–water partition coefficient (Wildman–Crippen LogP) is 2.27. The summed E-state index contributed by atoms with van der Waals surface area (Å²) in [6.07, 6.45) is 2.16. The van der Waals surface area contributed by atoms with Crippen LogP contribution < -0.4 is 5.32 Å². The molecule has 0 radical (unpaired) electrons. The van der Waals surface area contributed by atoms with Crippen molar-refractivity contribution in [3.8, 4) is 0 Å². The zero-order valence-corrected chi connectivity index (χ0v) is 9.98. The van der Waals surface area contributed by atoms with Crippen LogP contribution in [0.4, 0.5) is 0 Å². The molecule has 0 amide bonds. The summed E-state index contributed by atoms with van der Waals surface area (Å²) in [5.41, 5.74) is -0.660. The molecule has 3 heteroatoms. The molecule has 0 aliphatic carbocycles. The van der Waals surface area contributed by atoms with Crippen LogP contribution in [0, 0.1) is 5.41 Å². The minimum Gasteiger partial charge on any atom is -0.481 e. The normalized spacial score (nSPS) is 12.9. The lowest BCUT2D eigenvalue weighted by atomic mass is 9.91. The molecule has 0 heterocycles. The Morgan fingerprint density at radius 3 is 2.14 bits per heavy atom. The van der Waals surface area contributed by atoms with Gasteiger partial charge in [-0.2, -0.15) is 0 Å². The summed E-state index contributed by atoms with van der Waals surface area (Å²) in [6, 6.07) is 0. The van der Waals surface area contributed by atoms with Crippen LogP contribution in [0.15, 0.2) is 0 Å². The van der Waals surface area contributed by atoms with E-state index in [2.05, 4.69) is 26.1 Å². The Labute approximate surface area is 86.9 Å². The zero-order chi connectivity index (χ0) is 11.4. The summed E-state index contributed by atoms with van der Waals surface area (Å²) >= 11 is 0. The maximum atomic E-state index is 10.9. The van der Waals surface area contributed by atoms with Crippen molar-refractivity contribution >= 4 is 5.97 Å². The summed E-state index contributed by atoms with van der Waals surface area (Å²) < 4.78 is 0. The van der Waals surface area contributed by atoms with Crippen molar-refractivity contribution in [2.24, 2.45) is 5.41 Å². The zero-order valence-electron chi connectivity index (χ0n) is 9.98. The van der Waals surface area contributed by atoms with Gasteiger partial charge in [0.2, 0.25) is 0 Å². The van der Waals surface area contributed by atoms with E-state index in [1.807, 2.05) is 0 Å². The summed E-state index contributed by atoms with van der Waals surface area (Å²) in [4.78, 5) is 10.9. The second kappa shape index (κ2) is 4.78. The Morgan fingerprint density at radius 2 is 1.79 bits per heavy atom. The van der Waals surface area contributed by atoms with Crippen molar-refractivity contribution in [1.82, 2.24) is 5.32 Å². The number of rotatable bonds is 6. The molecule has 0 aromatic carbocycles. The van der Waals surface area contributed by atoms with E-state index in [4.69, 9.17) is 5.11 Å². The SMILES string of the molecule is CCCC(C)(C)NCC(C)(C)C(=O)O. The molecule has 0 unspecified atom stereocenters. The van der Waals surface area contributed by atoms with Gasteiger partial charge in [0.05, 0.1) is 5.41 Å². The molecular weight excluding hydrogens is 178 g/mol. The third-order valence-electron chi connectivity index (χ3n) is 2.46. The number of aliphatic carboxylic acids is 1. The molecule has 0 atom stereocenters. The van der Waals surface area contributed by atoms with Gasteiger partial charge in [0.15, 0.2) is 0 Å². The topological polar surface area (TPSA) is 49.3 Å². The highest BCUT2D eigenvalue weighted by molar-refractivity contribution is 5.73. The van der Waals surface area contributed by atoms with Gasteiger partial charge in [-0.25, -0.2) is 0 Å². The van der Waals surface area contributed by atoms with Crippen molar-refractivity contribution in [3.63, 3.8) is 0 Å². The molecule has 0 rings (SSSR count). The van der Waals surface area contributed by atoms with Crippen LogP contribution in [0.2, 0.25) is 0 Å². The number of carboxylic acid groups (broad SMARTS) is 1. The molecule has 0 saturated carbocycles. The lowest BCUT2D eigenvalue weighted by Crippen LogP contribution is -2.46. The van der Waals surface area contributed by atoms with Gasteiger partial charge in [0.25, 0.3) is 0 Å². The molecule has 0 aromatic heterocycles. The van der Waals surface area contributed by atoms with Crippen LogP contribution >= 0.6 is 0 Å². The van der Waals surface area contributed by atoms with Gasteiger partial charge in [0, 0.05) is 12.1 Å². The van der Waals surface area contributed by atoms with Crippen LogP contribution in [0.3, 0.4) is 0 Å². The van der Waals surface area contributed by atoms with Gasteiger partial charge < -0.3 is 10.4 Å². The summed E-state index contributed by atoms with van der Waals surface area (Å²) in [5.74, 6) is -0.753. The van der Waals surface area contributed by atoms with Gasteiger partial charge in [-0.1, -0.05) is 13.3 Å². The second-order valence-corrected chi connectivity index (χ2v) is 5.18. The molecule has 0 saturated heterocycles. The Hall–Kier alpha value is -0.570. The van der Waals surface area contributed by atoms with E-state index in [0.717, 1.165) is 12.8 Å². The van der Waals surface area contributed by atoms with Crippen molar-refractivity contribution in [2.45, 2.75) is 53.0 Å². The first kappa shape index (κ1) is 13.4. The minimum absolute atomic E-state index is 0.0292. The minimum atomic E-state index is -0.753. The van der Waals surface area contributed by atoms with Crippen molar-refractivity contribution in [2.75, 3.05) is 6.54 Å². The van der Waals surface area contributed by atoms with Crippen LogP contribution in [-0.2, 0) is 4.79 Å². The molecule has 0 aromatic rings. The van der Waals surface area contributed by atoms with E-state index >= 15 is 0 Å². The first-order valence-corrected chi connectivity index (χ1v) is 5.20. The maximum Gasteiger partial charge on any atom is 0.310 e. The molecule has 3 nitrogen and oxygen atoms in total. The van der Waals surface area contributed by atoms with Crippen LogP contribution in [-0.4, -0.2) is 23.2 Å². The highest BCUT2D eigenvalue weighted by Crippen LogP contribution is 2.17. The average Bonchev–Trinajstić information content (AvgIpc) is 2.01. The van der Waals surface area contributed by atoms with E-state index in [1.54, 1.807) is 13.8 Å². The van der Waals surface area contributed by atoms with Gasteiger partial charge in [-0.3, -0.25) is 4.79 Å². The highest BCUT2D eigenvalue weighted by Gasteiger charge is 2.29. The smallest absolute Gasteiger partial charge is 0.310 e. The fraction of sp³-hybridized carbons (Fsp3) is 0.909. The Balaban J connectivity index is 4.10. The third-order valence-corrected chi connectivity index (χ3v) is 2.46. The fourth-order valence-electron chi connectivity index (χ4n) is 1.25. The Bertz CT molecular complexity index is 197. The number of carboxylic acids is 1. The van der Waals surface area contributed by atoms with Crippen molar-refractivity contribution in [3.05, 3.63) is 0 Å². The summed E-state index contributed by atoms with van der Waals surface area (Å²) in [7, 11) is 0. The van der Waals surface area contributed by atoms with E-state index < -0.39 is 11.4 Å². The van der Waals surface area contributed by atoms with Crippen LogP contribution in [0.25, 0.3) is 0 Å². The van der Waals surface area contributed by atoms with E-state index in [1.165, 1.54) is 0 Å². The summed E-state index contributed by atoms with van der Waals surface area (Å²) in [6.45, 7) is 10.3. The van der Waals surface area contributed by atoms with Gasteiger partial charge >= 0.3 is 5.97 Å². The Morgan fingerprint density at radius 1 is 1.29 bits per heavy atom. The maximum absolute atomic E-state index is 10.9. The molecule has 0 aliphatic rings. The predicted molar refractivity (Wildman–Crippen MR) is 58.4 cm³/mol. The molecule has 84 valence electrons. The van der Waals surface area contributed by atoms with Crippen LogP contribution in [0.5, 0.6) is 0 Å². The quantitative estimate of drug-likeness (QED) is 0.693. The fourth-order valence-corrected chi connectivity index (χ4v) is 1.25. The first-order valence-electron chi connectivity index (χ1n) is 5.20. The lowest BCUT2D eigenvalue weighted by molar-refractivity contribution is -0.146. The number of hydrogen-bond acceptors (Lipinski definition) is 2. The first-order chi connectivity index (χ1) is 6.21. The molecule has 14 heavy (non-hydrogen) atoms. The number of nitrogens with one attached hydrogen (secondary N) is 1. The van der Waals surface area contributed by atoms with Gasteiger partial charge in [0.1, 0.15) is 0 Å². The van der Waals surface area contributed by atoms with Crippen molar-refractivity contribution < 1.29 is 9.90 Å². The van der Waals surface area contributed by atoms with E-state index in [9.17, 15) is 4.79 Å². The van der Waals surface area contributed by atoms with E-state index in [0.29, 0.717) is 6.54 Å². The molecular formula is C11H23NO2. The molecule has 2 N–H and O–H groups in total. The molecule has 0 fully saturated rings. The highest BCUT2D eigenvalue weighted by atomic mass is 16.4. The van der Waals surface area contributed by atoms with Gasteiger partial charge in [-0.15, -0.1) is 0 Å². The van der Waals surface area contributed by atoms with E-state index in [-0.39, 0.29) is 5.54 Å². The molecule has 0 bridgehead atoms. The van der Waals surface area contributed by atoms with Crippen LogP contribution in [0.1, 0.15) is 47.5 Å². The summed E-state index contributed by atoms with van der Waals surface area (Å²) in [5, 5.41) is 12.2. The molecule has 0 spiro atoms. The molecule has 0 aliphatic heterocycles. The number of hydrogen-bond donors (Lipinski definition) is 2. The standard InChI is InChI=1S/C11H23NO2/c1-6-7-11(4,5)12-8-10(2,3)9(13)14/h12H,6-8H2,1-5H3,(H,13,14). The Kier molecular flexibility index (Phi) is 4.59. The third kappa shape index (κ3) is 4.61. The lowest BCUT2D eigenvalue weighted by Gasteiger charge is -2.30. The number of carbonyl (C=O) groups is 1. The average molecular weight is 201 g/mol. The largest absolute Gasteiger partial charge is 0.481 e.